The van der Waals surface area contributed by atoms with E-state index in [1.165, 1.54) is 0 Å². The maximum atomic E-state index is 5.69. The van der Waals surface area contributed by atoms with Gasteiger partial charge in [-0.25, -0.2) is 0 Å². The standard InChI is InChI=1S/C17H18O3/c1-13(14-4-6-15(18-2)7-5-14)12-20-17-10-8-16(19-3)9-11-17/h4-11H,1,12H2,2-3H3. The molecule has 0 fully saturated rings. The number of methoxy groups -OCH3 is 2. The SMILES string of the molecule is C=C(COc1ccc(OC)cc1)c1ccc(OC)cc1. The summed E-state index contributed by atoms with van der Waals surface area (Å²) in [5, 5.41) is 0. The van der Waals surface area contributed by atoms with E-state index in [9.17, 15) is 0 Å². The first kappa shape index (κ1) is 14.0. The molecule has 0 amide bonds. The predicted molar refractivity (Wildman–Crippen MR) is 80.5 cm³/mol. The highest BCUT2D eigenvalue weighted by molar-refractivity contribution is 5.64. The van der Waals surface area contributed by atoms with Crippen LogP contribution in [0.1, 0.15) is 5.56 Å². The van der Waals surface area contributed by atoms with Gasteiger partial charge in [0.1, 0.15) is 23.9 Å². The molecule has 0 aliphatic rings. The molecule has 0 bridgehead atoms. The van der Waals surface area contributed by atoms with Crippen LogP contribution in [0.5, 0.6) is 17.2 Å². The Morgan fingerprint density at radius 3 is 1.75 bits per heavy atom. The highest BCUT2D eigenvalue weighted by atomic mass is 16.5. The number of rotatable bonds is 6. The van der Waals surface area contributed by atoms with E-state index in [0.717, 1.165) is 28.4 Å². The Kier molecular flexibility index (Phi) is 4.66. The summed E-state index contributed by atoms with van der Waals surface area (Å²) in [7, 11) is 3.29. The molecule has 0 unspecified atom stereocenters. The quantitative estimate of drug-likeness (QED) is 0.799. The molecular weight excluding hydrogens is 252 g/mol. The zero-order valence-electron chi connectivity index (χ0n) is 11.8. The van der Waals surface area contributed by atoms with Crippen LogP contribution in [0.15, 0.2) is 55.1 Å². The van der Waals surface area contributed by atoms with Crippen molar-refractivity contribution in [1.82, 2.24) is 0 Å². The minimum Gasteiger partial charge on any atom is -0.497 e. The van der Waals surface area contributed by atoms with Crippen molar-refractivity contribution < 1.29 is 14.2 Å². The first-order valence-corrected chi connectivity index (χ1v) is 6.32. The predicted octanol–water partition coefficient (Wildman–Crippen LogP) is 3.80. The van der Waals surface area contributed by atoms with Crippen molar-refractivity contribution in [3.63, 3.8) is 0 Å². The molecule has 20 heavy (non-hydrogen) atoms. The van der Waals surface area contributed by atoms with Crippen molar-refractivity contribution in [1.29, 1.82) is 0 Å². The molecule has 0 aliphatic carbocycles. The van der Waals surface area contributed by atoms with Gasteiger partial charge in [-0.1, -0.05) is 18.7 Å². The van der Waals surface area contributed by atoms with Crippen LogP contribution in [0.3, 0.4) is 0 Å². The van der Waals surface area contributed by atoms with Crippen LogP contribution in [0.4, 0.5) is 0 Å². The number of benzene rings is 2. The summed E-state index contributed by atoms with van der Waals surface area (Å²) in [5.74, 6) is 2.43. The van der Waals surface area contributed by atoms with Crippen molar-refractivity contribution in [3.8, 4) is 17.2 Å². The first-order chi connectivity index (χ1) is 9.72. The smallest absolute Gasteiger partial charge is 0.120 e. The third-order valence-corrected chi connectivity index (χ3v) is 2.97. The fourth-order valence-corrected chi connectivity index (χ4v) is 1.75. The Hall–Kier alpha value is -2.42. The average molecular weight is 270 g/mol. The molecule has 0 aromatic heterocycles. The summed E-state index contributed by atoms with van der Waals surface area (Å²) in [4.78, 5) is 0. The van der Waals surface area contributed by atoms with Gasteiger partial charge in [-0.2, -0.15) is 0 Å². The molecule has 2 aromatic rings. The fourth-order valence-electron chi connectivity index (χ4n) is 1.75. The summed E-state index contributed by atoms with van der Waals surface area (Å²) in [6.45, 7) is 4.48. The second kappa shape index (κ2) is 6.66. The number of hydrogen-bond acceptors (Lipinski definition) is 3. The lowest BCUT2D eigenvalue weighted by molar-refractivity contribution is 0.367. The van der Waals surface area contributed by atoms with Crippen LogP contribution < -0.4 is 14.2 Å². The van der Waals surface area contributed by atoms with Crippen LogP contribution in [-0.4, -0.2) is 20.8 Å². The lowest BCUT2D eigenvalue weighted by atomic mass is 10.1. The zero-order valence-corrected chi connectivity index (χ0v) is 11.8. The maximum absolute atomic E-state index is 5.69. The number of hydrogen-bond donors (Lipinski definition) is 0. The van der Waals surface area contributed by atoms with Crippen molar-refractivity contribution in [2.75, 3.05) is 20.8 Å². The molecular formula is C17H18O3. The molecule has 3 heteroatoms. The van der Waals surface area contributed by atoms with Crippen molar-refractivity contribution >= 4 is 5.57 Å². The molecule has 2 aromatic carbocycles. The highest BCUT2D eigenvalue weighted by Crippen LogP contribution is 2.21. The monoisotopic (exact) mass is 270 g/mol. The Balaban J connectivity index is 1.93. The second-order valence-corrected chi connectivity index (χ2v) is 4.30. The molecule has 0 aliphatic heterocycles. The molecule has 0 saturated carbocycles. The normalized spacial score (nSPS) is 9.90. The van der Waals surface area contributed by atoms with Gasteiger partial charge < -0.3 is 14.2 Å². The van der Waals surface area contributed by atoms with Crippen molar-refractivity contribution in [2.24, 2.45) is 0 Å². The Morgan fingerprint density at radius 2 is 1.25 bits per heavy atom. The van der Waals surface area contributed by atoms with E-state index in [1.807, 2.05) is 48.5 Å². The van der Waals surface area contributed by atoms with Crippen LogP contribution in [0.25, 0.3) is 5.57 Å². The van der Waals surface area contributed by atoms with Crippen LogP contribution in [0, 0.1) is 0 Å². The Bertz CT molecular complexity index is 556. The van der Waals surface area contributed by atoms with Crippen molar-refractivity contribution in [3.05, 3.63) is 60.7 Å². The van der Waals surface area contributed by atoms with E-state index in [1.54, 1.807) is 14.2 Å². The molecule has 3 nitrogen and oxygen atoms in total. The van der Waals surface area contributed by atoms with Crippen LogP contribution in [-0.2, 0) is 0 Å². The Labute approximate surface area is 119 Å². The third-order valence-electron chi connectivity index (χ3n) is 2.97. The molecule has 0 radical (unpaired) electrons. The topological polar surface area (TPSA) is 27.7 Å². The van der Waals surface area contributed by atoms with E-state index in [0.29, 0.717) is 6.61 Å². The van der Waals surface area contributed by atoms with E-state index < -0.39 is 0 Å². The van der Waals surface area contributed by atoms with Gasteiger partial charge in [-0.15, -0.1) is 0 Å². The molecule has 0 saturated heterocycles. The van der Waals surface area contributed by atoms with Crippen molar-refractivity contribution in [2.45, 2.75) is 0 Å². The molecule has 2 rings (SSSR count). The third kappa shape index (κ3) is 3.54. The summed E-state index contributed by atoms with van der Waals surface area (Å²) in [5.41, 5.74) is 1.96. The van der Waals surface area contributed by atoms with Gasteiger partial charge in [0.05, 0.1) is 14.2 Å². The fraction of sp³-hybridized carbons (Fsp3) is 0.176. The van der Waals surface area contributed by atoms with E-state index >= 15 is 0 Å². The molecule has 0 atom stereocenters. The minimum atomic E-state index is 0.443. The second-order valence-electron chi connectivity index (χ2n) is 4.30. The lowest BCUT2D eigenvalue weighted by Gasteiger charge is -2.10. The Morgan fingerprint density at radius 1 is 0.800 bits per heavy atom. The van der Waals surface area contributed by atoms with Gasteiger partial charge in [-0.05, 0) is 47.5 Å². The maximum Gasteiger partial charge on any atom is 0.120 e. The highest BCUT2D eigenvalue weighted by Gasteiger charge is 2.01. The summed E-state index contributed by atoms with van der Waals surface area (Å²) in [6.07, 6.45) is 0. The van der Waals surface area contributed by atoms with Crippen LogP contribution in [0.2, 0.25) is 0 Å². The summed E-state index contributed by atoms with van der Waals surface area (Å²) in [6, 6.07) is 15.2. The van der Waals surface area contributed by atoms with E-state index in [2.05, 4.69) is 6.58 Å². The summed E-state index contributed by atoms with van der Waals surface area (Å²) >= 11 is 0. The van der Waals surface area contributed by atoms with Gasteiger partial charge in [0.25, 0.3) is 0 Å². The van der Waals surface area contributed by atoms with Gasteiger partial charge in [-0.3, -0.25) is 0 Å². The first-order valence-electron chi connectivity index (χ1n) is 6.32. The van der Waals surface area contributed by atoms with E-state index in [4.69, 9.17) is 14.2 Å². The van der Waals surface area contributed by atoms with Gasteiger partial charge in [0.15, 0.2) is 0 Å². The molecule has 104 valence electrons. The molecule has 0 N–H and O–H groups in total. The van der Waals surface area contributed by atoms with E-state index in [-0.39, 0.29) is 0 Å². The number of ether oxygens (including phenoxy) is 3. The van der Waals surface area contributed by atoms with Gasteiger partial charge >= 0.3 is 0 Å². The largest absolute Gasteiger partial charge is 0.497 e. The molecule has 0 heterocycles. The van der Waals surface area contributed by atoms with Gasteiger partial charge in [0.2, 0.25) is 0 Å². The molecule has 0 spiro atoms. The lowest BCUT2D eigenvalue weighted by Crippen LogP contribution is -1.99. The van der Waals surface area contributed by atoms with Crippen LogP contribution >= 0.6 is 0 Å². The van der Waals surface area contributed by atoms with Gasteiger partial charge in [0, 0.05) is 0 Å². The minimum absolute atomic E-state index is 0.443. The zero-order chi connectivity index (χ0) is 14.4. The summed E-state index contributed by atoms with van der Waals surface area (Å²) < 4.78 is 15.9. The average Bonchev–Trinajstić information content (AvgIpc) is 2.53.